The van der Waals surface area contributed by atoms with Gasteiger partial charge in [0.15, 0.2) is 0 Å². The monoisotopic (exact) mass is 258 g/mol. The molecule has 3 rings (SSSR count). The Hall–Kier alpha value is -1.32. The van der Waals surface area contributed by atoms with Gasteiger partial charge in [-0.25, -0.2) is 0 Å². The molecule has 0 atom stereocenters. The number of para-hydroxylation sites is 1. The van der Waals surface area contributed by atoms with Gasteiger partial charge in [-0.05, 0) is 51.5 Å². The van der Waals surface area contributed by atoms with Gasteiger partial charge in [-0.15, -0.1) is 0 Å². The summed E-state index contributed by atoms with van der Waals surface area (Å²) in [5.74, 6) is 0.849. The first kappa shape index (κ1) is 12.7. The van der Waals surface area contributed by atoms with Crippen LogP contribution in [0.3, 0.4) is 0 Å². The minimum absolute atomic E-state index is 0.849. The molecule has 1 N–H and O–H groups in total. The van der Waals surface area contributed by atoms with Crippen LogP contribution in [0.15, 0.2) is 34.9 Å². The van der Waals surface area contributed by atoms with E-state index in [1.807, 2.05) is 25.4 Å². The van der Waals surface area contributed by atoms with Crippen LogP contribution in [0.1, 0.15) is 18.4 Å². The van der Waals surface area contributed by atoms with Crippen molar-refractivity contribution in [2.75, 3.05) is 26.7 Å². The van der Waals surface area contributed by atoms with Gasteiger partial charge >= 0.3 is 0 Å². The second-order valence-electron chi connectivity index (χ2n) is 5.53. The molecular formula is C16H22N2O. The summed E-state index contributed by atoms with van der Waals surface area (Å²) < 4.78 is 5.61. The van der Waals surface area contributed by atoms with Gasteiger partial charge in [-0.1, -0.05) is 18.2 Å². The van der Waals surface area contributed by atoms with Crippen molar-refractivity contribution < 1.29 is 4.42 Å². The number of hydrogen-bond acceptors (Lipinski definition) is 3. The predicted molar refractivity (Wildman–Crippen MR) is 78.1 cm³/mol. The third-order valence-electron chi connectivity index (χ3n) is 4.16. The maximum Gasteiger partial charge on any atom is 0.134 e. The molecule has 1 saturated heterocycles. The highest BCUT2D eigenvalue weighted by molar-refractivity contribution is 5.80. The van der Waals surface area contributed by atoms with Crippen molar-refractivity contribution in [3.8, 4) is 0 Å². The number of furan rings is 1. The molecule has 3 nitrogen and oxygen atoms in total. The zero-order valence-electron chi connectivity index (χ0n) is 11.6. The number of likely N-dealkylation sites (tertiary alicyclic amines) is 1. The molecule has 2 aromatic rings. The second-order valence-corrected chi connectivity index (χ2v) is 5.53. The standard InChI is InChI=1S/C16H22N2O/c1-17-10-13-6-8-18(9-7-13)11-14-12-19-16-5-3-2-4-15(14)16/h2-5,12-13,17H,6-11H2,1H3. The Morgan fingerprint density at radius 1 is 1.26 bits per heavy atom. The largest absolute Gasteiger partial charge is 0.464 e. The average molecular weight is 258 g/mol. The highest BCUT2D eigenvalue weighted by Gasteiger charge is 2.19. The summed E-state index contributed by atoms with van der Waals surface area (Å²) in [7, 11) is 2.05. The molecular weight excluding hydrogens is 236 g/mol. The Kier molecular flexibility index (Phi) is 3.85. The van der Waals surface area contributed by atoms with E-state index in [1.54, 1.807) is 0 Å². The quantitative estimate of drug-likeness (QED) is 0.914. The molecule has 102 valence electrons. The molecule has 1 aromatic heterocycles. The van der Waals surface area contributed by atoms with Crippen LogP contribution >= 0.6 is 0 Å². The summed E-state index contributed by atoms with van der Waals surface area (Å²) in [5.41, 5.74) is 2.32. The van der Waals surface area contributed by atoms with Gasteiger partial charge < -0.3 is 9.73 Å². The van der Waals surface area contributed by atoms with E-state index in [0.29, 0.717) is 0 Å². The maximum atomic E-state index is 5.61. The van der Waals surface area contributed by atoms with Crippen molar-refractivity contribution in [1.82, 2.24) is 10.2 Å². The van der Waals surface area contributed by atoms with E-state index in [2.05, 4.69) is 22.3 Å². The van der Waals surface area contributed by atoms with Crippen molar-refractivity contribution in [3.63, 3.8) is 0 Å². The Bertz CT molecular complexity index is 526. The first-order valence-electron chi connectivity index (χ1n) is 7.19. The van der Waals surface area contributed by atoms with Crippen LogP contribution in [-0.2, 0) is 6.54 Å². The molecule has 0 bridgehead atoms. The molecule has 3 heteroatoms. The topological polar surface area (TPSA) is 28.4 Å². The van der Waals surface area contributed by atoms with Crippen LogP contribution < -0.4 is 5.32 Å². The van der Waals surface area contributed by atoms with Crippen molar-refractivity contribution >= 4 is 11.0 Å². The highest BCUT2D eigenvalue weighted by atomic mass is 16.3. The smallest absolute Gasteiger partial charge is 0.134 e. The van der Waals surface area contributed by atoms with Crippen LogP contribution in [-0.4, -0.2) is 31.6 Å². The van der Waals surface area contributed by atoms with Crippen LogP contribution in [0.25, 0.3) is 11.0 Å². The van der Waals surface area contributed by atoms with Crippen molar-refractivity contribution in [1.29, 1.82) is 0 Å². The second kappa shape index (κ2) is 5.76. The lowest BCUT2D eigenvalue weighted by atomic mass is 9.96. The SMILES string of the molecule is CNCC1CCN(Cc2coc3ccccc23)CC1. The van der Waals surface area contributed by atoms with Gasteiger partial charge in [-0.3, -0.25) is 4.90 Å². The van der Waals surface area contributed by atoms with E-state index in [4.69, 9.17) is 4.42 Å². The fourth-order valence-corrected chi connectivity index (χ4v) is 3.03. The zero-order valence-corrected chi connectivity index (χ0v) is 11.6. The number of hydrogen-bond donors (Lipinski definition) is 1. The van der Waals surface area contributed by atoms with Crippen molar-refractivity contribution in [2.45, 2.75) is 19.4 Å². The highest BCUT2D eigenvalue weighted by Crippen LogP contribution is 2.24. The fourth-order valence-electron chi connectivity index (χ4n) is 3.03. The molecule has 1 aromatic carbocycles. The van der Waals surface area contributed by atoms with E-state index in [9.17, 15) is 0 Å². The van der Waals surface area contributed by atoms with Crippen LogP contribution in [0.5, 0.6) is 0 Å². The lowest BCUT2D eigenvalue weighted by molar-refractivity contribution is 0.177. The predicted octanol–water partition coefficient (Wildman–Crippen LogP) is 2.86. The molecule has 0 saturated carbocycles. The molecule has 0 aliphatic carbocycles. The summed E-state index contributed by atoms with van der Waals surface area (Å²) in [4.78, 5) is 2.55. The summed E-state index contributed by atoms with van der Waals surface area (Å²) in [6.07, 6.45) is 4.53. The van der Waals surface area contributed by atoms with Crippen molar-refractivity contribution in [2.24, 2.45) is 5.92 Å². The normalized spacial score (nSPS) is 18.2. The molecule has 1 aliphatic rings. The van der Waals surface area contributed by atoms with Crippen LogP contribution in [0, 0.1) is 5.92 Å². The van der Waals surface area contributed by atoms with E-state index in [1.165, 1.54) is 36.9 Å². The zero-order chi connectivity index (χ0) is 13.1. The van der Waals surface area contributed by atoms with Gasteiger partial charge in [0.25, 0.3) is 0 Å². The first-order valence-corrected chi connectivity index (χ1v) is 7.19. The fraction of sp³-hybridized carbons (Fsp3) is 0.500. The van der Waals surface area contributed by atoms with E-state index in [0.717, 1.165) is 24.6 Å². The van der Waals surface area contributed by atoms with E-state index >= 15 is 0 Å². The van der Waals surface area contributed by atoms with Gasteiger partial charge in [0.05, 0.1) is 6.26 Å². The number of rotatable bonds is 4. The van der Waals surface area contributed by atoms with Gasteiger partial charge in [-0.2, -0.15) is 0 Å². The Morgan fingerprint density at radius 3 is 2.84 bits per heavy atom. The lowest BCUT2D eigenvalue weighted by Gasteiger charge is -2.31. The first-order chi connectivity index (χ1) is 9.36. The molecule has 0 amide bonds. The molecule has 19 heavy (non-hydrogen) atoms. The maximum absolute atomic E-state index is 5.61. The minimum atomic E-state index is 0.849. The lowest BCUT2D eigenvalue weighted by Crippen LogP contribution is -2.36. The van der Waals surface area contributed by atoms with Gasteiger partial charge in [0.1, 0.15) is 5.58 Å². The summed E-state index contributed by atoms with van der Waals surface area (Å²) >= 11 is 0. The van der Waals surface area contributed by atoms with Crippen LogP contribution in [0.4, 0.5) is 0 Å². The van der Waals surface area contributed by atoms with E-state index < -0.39 is 0 Å². The Labute approximate surface area is 114 Å². The van der Waals surface area contributed by atoms with Crippen LogP contribution in [0.2, 0.25) is 0 Å². The average Bonchev–Trinajstić information content (AvgIpc) is 2.85. The van der Waals surface area contributed by atoms with Crippen molar-refractivity contribution in [3.05, 3.63) is 36.1 Å². The molecule has 1 aliphatic heterocycles. The Balaban J connectivity index is 1.63. The molecule has 0 unspecified atom stereocenters. The molecule has 2 heterocycles. The molecule has 0 spiro atoms. The van der Waals surface area contributed by atoms with Gasteiger partial charge in [0.2, 0.25) is 0 Å². The van der Waals surface area contributed by atoms with E-state index in [-0.39, 0.29) is 0 Å². The number of piperidine rings is 1. The number of nitrogens with zero attached hydrogens (tertiary/aromatic N) is 1. The Morgan fingerprint density at radius 2 is 2.05 bits per heavy atom. The number of benzene rings is 1. The number of nitrogens with one attached hydrogen (secondary N) is 1. The number of fused-ring (bicyclic) bond motifs is 1. The summed E-state index contributed by atoms with van der Waals surface area (Å²) in [6.45, 7) is 4.57. The third-order valence-corrected chi connectivity index (χ3v) is 4.16. The third kappa shape index (κ3) is 2.82. The molecule has 0 radical (unpaired) electrons. The summed E-state index contributed by atoms with van der Waals surface area (Å²) in [6, 6.07) is 8.30. The summed E-state index contributed by atoms with van der Waals surface area (Å²) in [5, 5.41) is 4.55. The minimum Gasteiger partial charge on any atom is -0.464 e. The van der Waals surface area contributed by atoms with Gasteiger partial charge in [0, 0.05) is 17.5 Å². The molecule has 1 fully saturated rings.